The molecule has 0 atom stereocenters. The van der Waals surface area contributed by atoms with Crippen molar-refractivity contribution < 1.29 is 4.79 Å². The van der Waals surface area contributed by atoms with Crippen LogP contribution in [0.1, 0.15) is 37.7 Å². The van der Waals surface area contributed by atoms with Crippen LogP contribution in [0, 0.1) is 13.8 Å². The number of aryl methyl sites for hydroxylation is 1. The molecular formula is C25H32N6O. The Morgan fingerprint density at radius 3 is 2.25 bits per heavy atom. The van der Waals surface area contributed by atoms with E-state index in [9.17, 15) is 4.79 Å². The van der Waals surface area contributed by atoms with Crippen molar-refractivity contribution >= 4 is 17.4 Å². The van der Waals surface area contributed by atoms with Crippen molar-refractivity contribution in [2.24, 2.45) is 0 Å². The van der Waals surface area contributed by atoms with E-state index >= 15 is 0 Å². The summed E-state index contributed by atoms with van der Waals surface area (Å²) < 4.78 is 1.89. The summed E-state index contributed by atoms with van der Waals surface area (Å²) in [6, 6.07) is 13.9. The highest BCUT2D eigenvalue weighted by molar-refractivity contribution is 5.89. The smallest absolute Gasteiger partial charge is 0.321 e. The fraction of sp³-hybridized carbons (Fsp3) is 0.400. The molecule has 0 saturated carbocycles. The molecule has 2 amide bonds. The zero-order valence-corrected chi connectivity index (χ0v) is 19.6. The van der Waals surface area contributed by atoms with Gasteiger partial charge in [0.1, 0.15) is 0 Å². The van der Waals surface area contributed by atoms with Crippen LogP contribution >= 0.6 is 0 Å². The molecular weight excluding hydrogens is 400 g/mol. The number of urea groups is 1. The Kier molecular flexibility index (Phi) is 5.91. The number of carbonyl (C=O) groups excluding carboxylic acids is 1. The van der Waals surface area contributed by atoms with E-state index in [1.54, 1.807) is 6.20 Å². The van der Waals surface area contributed by atoms with Crippen LogP contribution < -0.4 is 10.2 Å². The number of aromatic nitrogens is 3. The Hall–Kier alpha value is -3.35. The first-order valence-electron chi connectivity index (χ1n) is 11.1. The summed E-state index contributed by atoms with van der Waals surface area (Å²) in [5.41, 5.74) is 5.35. The number of nitrogens with zero attached hydrogens (tertiary/aromatic N) is 5. The molecule has 0 unspecified atom stereocenters. The molecule has 0 bridgehead atoms. The highest BCUT2D eigenvalue weighted by atomic mass is 16.2. The molecule has 32 heavy (non-hydrogen) atoms. The lowest BCUT2D eigenvalue weighted by Crippen LogP contribution is -2.50. The van der Waals surface area contributed by atoms with Gasteiger partial charge in [-0.1, -0.05) is 39.0 Å². The Morgan fingerprint density at radius 1 is 0.969 bits per heavy atom. The topological polar surface area (TPSA) is 66.3 Å². The van der Waals surface area contributed by atoms with E-state index in [2.05, 4.69) is 55.0 Å². The van der Waals surface area contributed by atoms with E-state index in [1.807, 2.05) is 46.8 Å². The van der Waals surface area contributed by atoms with E-state index in [4.69, 9.17) is 5.10 Å². The minimum atomic E-state index is -0.0502. The molecule has 168 valence electrons. The number of benzene rings is 1. The van der Waals surface area contributed by atoms with Gasteiger partial charge in [-0.05, 0) is 49.1 Å². The van der Waals surface area contributed by atoms with Crippen LogP contribution in [0.3, 0.4) is 0 Å². The number of hydrogen-bond donors (Lipinski definition) is 1. The maximum Gasteiger partial charge on any atom is 0.321 e. The van der Waals surface area contributed by atoms with Gasteiger partial charge in [-0.25, -0.2) is 14.5 Å². The van der Waals surface area contributed by atoms with Crippen LogP contribution in [0.2, 0.25) is 0 Å². The van der Waals surface area contributed by atoms with Gasteiger partial charge in [0, 0.05) is 38.1 Å². The summed E-state index contributed by atoms with van der Waals surface area (Å²) in [6.45, 7) is 13.5. The van der Waals surface area contributed by atoms with Gasteiger partial charge in [0.15, 0.2) is 5.82 Å². The molecule has 7 nitrogen and oxygen atoms in total. The Balaban J connectivity index is 1.39. The van der Waals surface area contributed by atoms with Crippen LogP contribution in [-0.2, 0) is 5.41 Å². The molecule has 3 aromatic rings. The normalized spacial score (nSPS) is 14.5. The summed E-state index contributed by atoms with van der Waals surface area (Å²) in [5, 5.41) is 7.75. The molecule has 1 aromatic carbocycles. The standard InChI is InChI=1S/C25H32N6O/c1-18-23(19(2)31(28-18)22-8-6-7-13-26-22)29-14-16-30(17-15-29)24(32)27-21-11-9-20(10-12-21)25(3,4)5/h6-13H,14-17H2,1-5H3,(H,27,32). The molecule has 1 aliphatic rings. The van der Waals surface area contributed by atoms with Crippen LogP contribution in [0.5, 0.6) is 0 Å². The molecule has 1 N–H and O–H groups in total. The quantitative estimate of drug-likeness (QED) is 0.660. The maximum atomic E-state index is 12.8. The molecule has 0 radical (unpaired) electrons. The number of piperazine rings is 1. The number of amides is 2. The van der Waals surface area contributed by atoms with E-state index in [0.717, 1.165) is 41.7 Å². The van der Waals surface area contributed by atoms with Crippen LogP contribution in [0.25, 0.3) is 5.82 Å². The molecule has 4 rings (SSSR count). The monoisotopic (exact) mass is 432 g/mol. The zero-order chi connectivity index (χ0) is 22.9. The van der Waals surface area contributed by atoms with Gasteiger partial charge in [0.05, 0.1) is 17.1 Å². The van der Waals surface area contributed by atoms with Gasteiger partial charge in [-0.2, -0.15) is 5.10 Å². The molecule has 0 spiro atoms. The van der Waals surface area contributed by atoms with Gasteiger partial charge in [-0.3, -0.25) is 0 Å². The Labute approximate surface area is 190 Å². The van der Waals surface area contributed by atoms with Crippen LogP contribution in [0.4, 0.5) is 16.2 Å². The predicted octanol–water partition coefficient (Wildman–Crippen LogP) is 4.54. The SMILES string of the molecule is Cc1nn(-c2ccccn2)c(C)c1N1CCN(C(=O)Nc2ccc(C(C)(C)C)cc2)CC1. The third-order valence-electron chi connectivity index (χ3n) is 6.00. The first kappa shape index (κ1) is 21.9. The predicted molar refractivity (Wildman–Crippen MR) is 129 cm³/mol. The number of anilines is 2. The summed E-state index contributed by atoms with van der Waals surface area (Å²) >= 11 is 0. The van der Waals surface area contributed by atoms with E-state index in [0.29, 0.717) is 13.1 Å². The third-order valence-corrected chi connectivity index (χ3v) is 6.00. The molecule has 0 aliphatic carbocycles. The first-order chi connectivity index (χ1) is 15.2. The molecule has 3 heterocycles. The molecule has 1 aliphatic heterocycles. The molecule has 1 fully saturated rings. The minimum Gasteiger partial charge on any atom is -0.365 e. The average Bonchev–Trinajstić information content (AvgIpc) is 3.08. The number of pyridine rings is 1. The second-order valence-electron chi connectivity index (χ2n) is 9.35. The lowest BCUT2D eigenvalue weighted by molar-refractivity contribution is 0.208. The summed E-state index contributed by atoms with van der Waals surface area (Å²) in [6.07, 6.45) is 1.78. The number of hydrogen-bond acceptors (Lipinski definition) is 4. The second kappa shape index (κ2) is 8.65. The van der Waals surface area contributed by atoms with Crippen molar-refractivity contribution in [3.63, 3.8) is 0 Å². The molecule has 7 heteroatoms. The Bertz CT molecular complexity index is 1070. The van der Waals surface area contributed by atoms with Crippen molar-refractivity contribution in [3.8, 4) is 5.82 Å². The van der Waals surface area contributed by atoms with E-state index in [-0.39, 0.29) is 11.4 Å². The van der Waals surface area contributed by atoms with Gasteiger partial charge in [0.2, 0.25) is 0 Å². The highest BCUT2D eigenvalue weighted by Gasteiger charge is 2.26. The number of carbonyl (C=O) groups is 1. The van der Waals surface area contributed by atoms with Gasteiger partial charge < -0.3 is 15.1 Å². The summed E-state index contributed by atoms with van der Waals surface area (Å²) in [7, 11) is 0. The maximum absolute atomic E-state index is 12.8. The van der Waals surface area contributed by atoms with Gasteiger partial charge >= 0.3 is 6.03 Å². The highest BCUT2D eigenvalue weighted by Crippen LogP contribution is 2.27. The van der Waals surface area contributed by atoms with E-state index < -0.39 is 0 Å². The second-order valence-corrected chi connectivity index (χ2v) is 9.35. The number of nitrogens with one attached hydrogen (secondary N) is 1. The van der Waals surface area contributed by atoms with Crippen molar-refractivity contribution in [1.29, 1.82) is 0 Å². The fourth-order valence-corrected chi connectivity index (χ4v) is 4.18. The van der Waals surface area contributed by atoms with Crippen molar-refractivity contribution in [1.82, 2.24) is 19.7 Å². The van der Waals surface area contributed by atoms with Crippen molar-refractivity contribution in [2.75, 3.05) is 36.4 Å². The summed E-state index contributed by atoms with van der Waals surface area (Å²) in [5.74, 6) is 0.815. The number of rotatable bonds is 3. The lowest BCUT2D eigenvalue weighted by atomic mass is 9.87. The molecule has 1 saturated heterocycles. The largest absolute Gasteiger partial charge is 0.365 e. The average molecular weight is 433 g/mol. The van der Waals surface area contributed by atoms with Gasteiger partial charge in [0.25, 0.3) is 0 Å². The van der Waals surface area contributed by atoms with Crippen LogP contribution in [0.15, 0.2) is 48.7 Å². The first-order valence-corrected chi connectivity index (χ1v) is 11.1. The van der Waals surface area contributed by atoms with Crippen molar-refractivity contribution in [2.45, 2.75) is 40.0 Å². The minimum absolute atomic E-state index is 0.0502. The summed E-state index contributed by atoms with van der Waals surface area (Å²) in [4.78, 5) is 21.4. The fourth-order valence-electron chi connectivity index (χ4n) is 4.18. The lowest BCUT2D eigenvalue weighted by Gasteiger charge is -2.36. The molecule has 2 aromatic heterocycles. The van der Waals surface area contributed by atoms with Crippen molar-refractivity contribution in [3.05, 3.63) is 65.6 Å². The Morgan fingerprint density at radius 2 is 1.66 bits per heavy atom. The van der Waals surface area contributed by atoms with Gasteiger partial charge in [-0.15, -0.1) is 0 Å². The van der Waals surface area contributed by atoms with Crippen LogP contribution in [-0.4, -0.2) is 51.9 Å². The zero-order valence-electron chi connectivity index (χ0n) is 19.6. The van der Waals surface area contributed by atoms with E-state index in [1.165, 1.54) is 5.56 Å². The third kappa shape index (κ3) is 4.47.